The molecule has 9 heteroatoms. The molecule has 0 unspecified atom stereocenters. The number of amides is 1. The third-order valence-electron chi connectivity index (χ3n) is 4.70. The second-order valence-electron chi connectivity index (χ2n) is 8.03. The number of aryl methyl sites for hydroxylation is 1. The zero-order chi connectivity index (χ0) is 21.3. The summed E-state index contributed by atoms with van der Waals surface area (Å²) in [7, 11) is 3.05. The molecule has 9 nitrogen and oxygen atoms in total. The minimum absolute atomic E-state index is 0.0546. The van der Waals surface area contributed by atoms with Gasteiger partial charge in [-0.15, -0.1) is 0 Å². The molecule has 0 bridgehead atoms. The lowest BCUT2D eigenvalue weighted by Crippen LogP contribution is -2.37. The van der Waals surface area contributed by atoms with E-state index in [1.54, 1.807) is 17.9 Å². The Labute approximate surface area is 168 Å². The summed E-state index contributed by atoms with van der Waals surface area (Å²) in [5, 5.41) is 6.19. The number of imidazole rings is 1. The number of benzene rings is 1. The topological polar surface area (TPSA) is 103 Å². The monoisotopic (exact) mass is 398 g/mol. The predicted molar refractivity (Wildman–Crippen MR) is 113 cm³/mol. The van der Waals surface area contributed by atoms with E-state index in [-0.39, 0.29) is 11.5 Å². The van der Waals surface area contributed by atoms with Gasteiger partial charge < -0.3 is 15.2 Å². The van der Waals surface area contributed by atoms with Gasteiger partial charge in [0.1, 0.15) is 0 Å². The lowest BCUT2D eigenvalue weighted by atomic mass is 9.95. The number of hydrogen-bond donors (Lipinski definition) is 2. The number of hydrogen-bond acceptors (Lipinski definition) is 5. The van der Waals surface area contributed by atoms with Gasteiger partial charge in [-0.2, -0.15) is 0 Å². The van der Waals surface area contributed by atoms with Crippen molar-refractivity contribution in [2.75, 3.05) is 17.2 Å². The second kappa shape index (κ2) is 7.57. The van der Waals surface area contributed by atoms with Gasteiger partial charge in [-0.3, -0.25) is 18.7 Å². The molecule has 29 heavy (non-hydrogen) atoms. The summed E-state index contributed by atoms with van der Waals surface area (Å²) in [5.41, 5.74) is 1.08. The standard InChI is InChI=1S/C20H26N6O3/c1-20(2,3)18(28)23-14-8-6-7-13(11-14)21-9-10-26-12-22-16-15(26)17(27)25(5)19(29)24(16)4/h6-8,11-12,21H,9-10H2,1-5H3,(H,23,28). The molecule has 2 aromatic heterocycles. The molecule has 0 atom stereocenters. The van der Waals surface area contributed by atoms with Crippen LogP contribution in [0.3, 0.4) is 0 Å². The van der Waals surface area contributed by atoms with Crippen molar-refractivity contribution in [3.8, 4) is 0 Å². The Hall–Kier alpha value is -3.36. The fourth-order valence-corrected chi connectivity index (χ4v) is 2.91. The molecule has 1 aromatic carbocycles. The minimum atomic E-state index is -0.474. The highest BCUT2D eigenvalue weighted by atomic mass is 16.2. The van der Waals surface area contributed by atoms with Crippen LogP contribution in [0, 0.1) is 5.41 Å². The van der Waals surface area contributed by atoms with Crippen LogP contribution in [0.2, 0.25) is 0 Å². The van der Waals surface area contributed by atoms with Gasteiger partial charge in [-0.25, -0.2) is 9.78 Å². The molecule has 0 aliphatic carbocycles. The molecule has 154 valence electrons. The first-order valence-electron chi connectivity index (χ1n) is 9.36. The van der Waals surface area contributed by atoms with E-state index in [0.717, 1.165) is 10.3 Å². The van der Waals surface area contributed by atoms with Crippen molar-refractivity contribution in [3.05, 3.63) is 51.4 Å². The average Bonchev–Trinajstić information content (AvgIpc) is 3.08. The van der Waals surface area contributed by atoms with Crippen LogP contribution in [0.1, 0.15) is 20.8 Å². The molecule has 3 rings (SSSR count). The molecule has 3 aromatic rings. The number of carbonyl (C=O) groups is 1. The fourth-order valence-electron chi connectivity index (χ4n) is 2.91. The van der Waals surface area contributed by atoms with Crippen LogP contribution in [-0.2, 0) is 25.4 Å². The van der Waals surface area contributed by atoms with Crippen molar-refractivity contribution in [2.24, 2.45) is 19.5 Å². The predicted octanol–water partition coefficient (Wildman–Crippen LogP) is 1.53. The highest BCUT2D eigenvalue weighted by Crippen LogP contribution is 2.20. The Bertz CT molecular complexity index is 1180. The smallest absolute Gasteiger partial charge is 0.332 e. The molecule has 0 radical (unpaired) electrons. The quantitative estimate of drug-likeness (QED) is 0.678. The molecule has 0 spiro atoms. The van der Waals surface area contributed by atoms with E-state index in [1.165, 1.54) is 11.6 Å². The van der Waals surface area contributed by atoms with E-state index < -0.39 is 11.1 Å². The first kappa shape index (κ1) is 20.4. The fraction of sp³-hybridized carbons (Fsp3) is 0.400. The molecule has 0 aliphatic heterocycles. The van der Waals surface area contributed by atoms with E-state index >= 15 is 0 Å². The van der Waals surface area contributed by atoms with Crippen molar-refractivity contribution in [2.45, 2.75) is 27.3 Å². The van der Waals surface area contributed by atoms with Crippen LogP contribution >= 0.6 is 0 Å². The molecule has 2 N–H and O–H groups in total. The second-order valence-corrected chi connectivity index (χ2v) is 8.03. The Kier molecular flexibility index (Phi) is 5.32. The Morgan fingerprint density at radius 3 is 2.48 bits per heavy atom. The minimum Gasteiger partial charge on any atom is -0.383 e. The number of fused-ring (bicyclic) bond motifs is 1. The molecule has 0 saturated heterocycles. The summed E-state index contributed by atoms with van der Waals surface area (Å²) < 4.78 is 4.17. The zero-order valence-electron chi connectivity index (χ0n) is 17.3. The van der Waals surface area contributed by atoms with Gasteiger partial charge in [-0.1, -0.05) is 26.8 Å². The first-order valence-corrected chi connectivity index (χ1v) is 9.36. The Morgan fingerprint density at radius 1 is 1.10 bits per heavy atom. The van der Waals surface area contributed by atoms with Gasteiger partial charge in [0.15, 0.2) is 11.2 Å². The summed E-state index contributed by atoms with van der Waals surface area (Å²) in [4.78, 5) is 40.9. The maximum absolute atomic E-state index is 12.5. The van der Waals surface area contributed by atoms with Crippen molar-refractivity contribution in [1.82, 2.24) is 18.7 Å². The number of nitrogens with one attached hydrogen (secondary N) is 2. The van der Waals surface area contributed by atoms with E-state index in [0.29, 0.717) is 29.9 Å². The molecular weight excluding hydrogens is 372 g/mol. The van der Waals surface area contributed by atoms with E-state index in [4.69, 9.17) is 0 Å². The van der Waals surface area contributed by atoms with Crippen molar-refractivity contribution < 1.29 is 4.79 Å². The number of nitrogens with zero attached hydrogens (tertiary/aromatic N) is 4. The van der Waals surface area contributed by atoms with Crippen LogP contribution in [0.25, 0.3) is 11.2 Å². The highest BCUT2D eigenvalue weighted by Gasteiger charge is 2.21. The van der Waals surface area contributed by atoms with Crippen molar-refractivity contribution >= 4 is 28.4 Å². The first-order chi connectivity index (χ1) is 13.6. The summed E-state index contributed by atoms with van der Waals surface area (Å²) in [6, 6.07) is 7.46. The maximum Gasteiger partial charge on any atom is 0.332 e. The summed E-state index contributed by atoms with van der Waals surface area (Å²) in [6.07, 6.45) is 1.56. The van der Waals surface area contributed by atoms with Gasteiger partial charge in [0, 0.05) is 44.0 Å². The molecule has 1 amide bonds. The van der Waals surface area contributed by atoms with Gasteiger partial charge in [0.2, 0.25) is 5.91 Å². The SMILES string of the molecule is Cn1c(=O)c2c(ncn2CCNc2cccc(NC(=O)C(C)(C)C)c2)n(C)c1=O. The molecule has 2 heterocycles. The molecular formula is C20H26N6O3. The number of rotatable bonds is 5. The third kappa shape index (κ3) is 4.08. The highest BCUT2D eigenvalue weighted by molar-refractivity contribution is 5.94. The number of anilines is 2. The van der Waals surface area contributed by atoms with Crippen LogP contribution in [0.15, 0.2) is 40.2 Å². The summed E-state index contributed by atoms with van der Waals surface area (Å²) in [6.45, 7) is 6.61. The van der Waals surface area contributed by atoms with E-state index in [2.05, 4.69) is 15.6 Å². The largest absolute Gasteiger partial charge is 0.383 e. The van der Waals surface area contributed by atoms with Crippen molar-refractivity contribution in [3.63, 3.8) is 0 Å². The van der Waals surface area contributed by atoms with Crippen molar-refractivity contribution in [1.29, 1.82) is 0 Å². The van der Waals surface area contributed by atoms with Crippen LogP contribution in [0.4, 0.5) is 11.4 Å². The summed E-state index contributed by atoms with van der Waals surface area (Å²) >= 11 is 0. The van der Waals surface area contributed by atoms with Crippen LogP contribution in [-0.4, -0.2) is 31.1 Å². The summed E-state index contributed by atoms with van der Waals surface area (Å²) in [5.74, 6) is -0.0546. The van der Waals surface area contributed by atoms with E-state index in [1.807, 2.05) is 45.0 Å². The van der Waals surface area contributed by atoms with Gasteiger partial charge >= 0.3 is 5.69 Å². The molecule has 0 saturated carbocycles. The average molecular weight is 398 g/mol. The lowest BCUT2D eigenvalue weighted by Gasteiger charge is -2.18. The van der Waals surface area contributed by atoms with E-state index in [9.17, 15) is 14.4 Å². The third-order valence-corrected chi connectivity index (χ3v) is 4.70. The Morgan fingerprint density at radius 2 is 1.79 bits per heavy atom. The lowest BCUT2D eigenvalue weighted by molar-refractivity contribution is -0.123. The van der Waals surface area contributed by atoms with Crippen LogP contribution < -0.4 is 21.9 Å². The number of carbonyl (C=O) groups excluding carboxylic acids is 1. The number of aromatic nitrogens is 4. The Balaban J connectivity index is 1.73. The molecule has 0 aliphatic rings. The van der Waals surface area contributed by atoms with Gasteiger partial charge in [-0.05, 0) is 18.2 Å². The van der Waals surface area contributed by atoms with Gasteiger partial charge in [0.25, 0.3) is 5.56 Å². The van der Waals surface area contributed by atoms with Crippen LogP contribution in [0.5, 0.6) is 0 Å². The van der Waals surface area contributed by atoms with Gasteiger partial charge in [0.05, 0.1) is 6.33 Å². The maximum atomic E-state index is 12.5. The molecule has 0 fully saturated rings. The normalized spacial score (nSPS) is 11.6. The zero-order valence-corrected chi connectivity index (χ0v) is 17.3.